The number of ether oxygens (including phenoxy) is 2. The highest BCUT2D eigenvalue weighted by molar-refractivity contribution is 5.98. The van der Waals surface area contributed by atoms with Crippen molar-refractivity contribution in [1.82, 2.24) is 15.6 Å². The summed E-state index contributed by atoms with van der Waals surface area (Å²) in [5, 5.41) is 5.63. The van der Waals surface area contributed by atoms with Crippen LogP contribution in [0.2, 0.25) is 0 Å². The Morgan fingerprint density at radius 1 is 0.800 bits per heavy atom. The van der Waals surface area contributed by atoms with E-state index in [1.165, 1.54) is 12.3 Å². The van der Waals surface area contributed by atoms with Crippen LogP contribution in [0.15, 0.2) is 66.9 Å². The highest BCUT2D eigenvalue weighted by Gasteiger charge is 2.13. The first-order valence-electron chi connectivity index (χ1n) is 9.38. The van der Waals surface area contributed by atoms with Crippen LogP contribution in [0.5, 0.6) is 11.5 Å². The standard InChI is InChI=1S/C23H23N3O4/c1-29-20-9-5-3-7-17(20)14-25-22(27)16-11-12-24-19(13-16)23(28)26-15-18-8-4-6-10-21(18)30-2/h3-13H,14-15H2,1-2H3,(H,25,27)(H,26,28). The second-order valence-electron chi connectivity index (χ2n) is 6.42. The molecule has 0 fully saturated rings. The lowest BCUT2D eigenvalue weighted by Gasteiger charge is -2.11. The summed E-state index contributed by atoms with van der Waals surface area (Å²) in [6.45, 7) is 0.593. The maximum Gasteiger partial charge on any atom is 0.270 e. The zero-order chi connectivity index (χ0) is 21.3. The van der Waals surface area contributed by atoms with E-state index in [0.29, 0.717) is 23.6 Å². The fraction of sp³-hybridized carbons (Fsp3) is 0.174. The van der Waals surface area contributed by atoms with E-state index < -0.39 is 0 Å². The number of aromatic nitrogens is 1. The van der Waals surface area contributed by atoms with Crippen LogP contribution in [-0.4, -0.2) is 31.0 Å². The molecule has 0 unspecified atom stereocenters. The Kier molecular flexibility index (Phi) is 7.00. The van der Waals surface area contributed by atoms with E-state index in [0.717, 1.165) is 11.1 Å². The number of pyridine rings is 1. The highest BCUT2D eigenvalue weighted by Crippen LogP contribution is 2.18. The van der Waals surface area contributed by atoms with E-state index in [1.807, 2.05) is 48.5 Å². The van der Waals surface area contributed by atoms with Crippen LogP contribution in [0.4, 0.5) is 0 Å². The Morgan fingerprint density at radius 2 is 1.33 bits per heavy atom. The third kappa shape index (κ3) is 5.14. The van der Waals surface area contributed by atoms with Gasteiger partial charge in [-0.05, 0) is 24.3 Å². The van der Waals surface area contributed by atoms with Gasteiger partial charge in [0.05, 0.1) is 14.2 Å². The molecule has 0 saturated heterocycles. The molecule has 2 N–H and O–H groups in total. The molecule has 0 radical (unpaired) electrons. The molecular formula is C23H23N3O4. The molecule has 0 saturated carbocycles. The van der Waals surface area contributed by atoms with Gasteiger partial charge in [0.1, 0.15) is 17.2 Å². The maximum absolute atomic E-state index is 12.5. The van der Waals surface area contributed by atoms with Gasteiger partial charge in [-0.25, -0.2) is 0 Å². The van der Waals surface area contributed by atoms with E-state index >= 15 is 0 Å². The molecule has 3 rings (SSSR count). The molecule has 2 aromatic carbocycles. The average molecular weight is 405 g/mol. The topological polar surface area (TPSA) is 89.5 Å². The van der Waals surface area contributed by atoms with Gasteiger partial charge in [-0.1, -0.05) is 36.4 Å². The molecule has 1 aromatic heterocycles. The Bertz CT molecular complexity index is 957. The second-order valence-corrected chi connectivity index (χ2v) is 6.42. The summed E-state index contributed by atoms with van der Waals surface area (Å²) in [6.07, 6.45) is 1.44. The van der Waals surface area contributed by atoms with Crippen molar-refractivity contribution in [1.29, 1.82) is 0 Å². The van der Waals surface area contributed by atoms with Crippen molar-refractivity contribution in [3.63, 3.8) is 0 Å². The van der Waals surface area contributed by atoms with Crippen molar-refractivity contribution in [3.8, 4) is 11.5 Å². The van der Waals surface area contributed by atoms with Gasteiger partial charge in [-0.3, -0.25) is 14.6 Å². The third-order valence-electron chi connectivity index (χ3n) is 4.52. The van der Waals surface area contributed by atoms with Gasteiger partial charge in [0.2, 0.25) is 0 Å². The Morgan fingerprint density at radius 3 is 1.90 bits per heavy atom. The van der Waals surface area contributed by atoms with Crippen molar-refractivity contribution < 1.29 is 19.1 Å². The minimum Gasteiger partial charge on any atom is -0.496 e. The Labute approximate surface area is 175 Å². The van der Waals surface area contributed by atoms with Crippen LogP contribution in [0, 0.1) is 0 Å². The fourth-order valence-corrected chi connectivity index (χ4v) is 2.94. The van der Waals surface area contributed by atoms with Crippen LogP contribution >= 0.6 is 0 Å². The lowest BCUT2D eigenvalue weighted by atomic mass is 10.1. The van der Waals surface area contributed by atoms with Gasteiger partial charge in [0.25, 0.3) is 11.8 Å². The molecule has 0 spiro atoms. The number of rotatable bonds is 8. The lowest BCUT2D eigenvalue weighted by Crippen LogP contribution is -2.26. The minimum atomic E-state index is -0.375. The number of hydrogen-bond acceptors (Lipinski definition) is 5. The van der Waals surface area contributed by atoms with Crippen molar-refractivity contribution in [2.45, 2.75) is 13.1 Å². The van der Waals surface area contributed by atoms with Crippen LogP contribution in [0.25, 0.3) is 0 Å². The van der Waals surface area contributed by atoms with Gasteiger partial charge in [-0.2, -0.15) is 0 Å². The van der Waals surface area contributed by atoms with Gasteiger partial charge in [0.15, 0.2) is 0 Å². The van der Waals surface area contributed by atoms with E-state index in [9.17, 15) is 9.59 Å². The molecule has 3 aromatic rings. The zero-order valence-electron chi connectivity index (χ0n) is 16.8. The number of carbonyl (C=O) groups excluding carboxylic acids is 2. The number of carbonyl (C=O) groups is 2. The molecule has 0 aliphatic heterocycles. The summed E-state index contributed by atoms with van der Waals surface area (Å²) >= 11 is 0. The highest BCUT2D eigenvalue weighted by atomic mass is 16.5. The van der Waals surface area contributed by atoms with Gasteiger partial charge in [-0.15, -0.1) is 0 Å². The molecule has 0 aliphatic rings. The monoisotopic (exact) mass is 405 g/mol. The number of hydrogen-bond donors (Lipinski definition) is 2. The first kappa shape index (κ1) is 20.9. The normalized spacial score (nSPS) is 10.2. The number of nitrogens with one attached hydrogen (secondary N) is 2. The maximum atomic E-state index is 12.5. The number of amides is 2. The number of nitrogens with zero attached hydrogens (tertiary/aromatic N) is 1. The van der Waals surface area contributed by atoms with Gasteiger partial charge >= 0.3 is 0 Å². The molecule has 0 atom stereocenters. The van der Waals surface area contributed by atoms with Crippen LogP contribution in [0.1, 0.15) is 32.0 Å². The number of methoxy groups -OCH3 is 2. The Hall–Kier alpha value is -3.87. The van der Waals surface area contributed by atoms with E-state index in [1.54, 1.807) is 20.3 Å². The molecule has 0 aliphatic carbocycles. The minimum absolute atomic E-state index is 0.162. The molecule has 30 heavy (non-hydrogen) atoms. The fourth-order valence-electron chi connectivity index (χ4n) is 2.94. The largest absolute Gasteiger partial charge is 0.496 e. The molecule has 154 valence electrons. The summed E-state index contributed by atoms with van der Waals surface area (Å²) in [5.74, 6) is 0.710. The number of benzene rings is 2. The second kappa shape index (κ2) is 10.1. The van der Waals surface area contributed by atoms with Crippen molar-refractivity contribution >= 4 is 11.8 Å². The molecule has 7 heteroatoms. The summed E-state index contributed by atoms with van der Waals surface area (Å²) in [5.41, 5.74) is 2.22. The smallest absolute Gasteiger partial charge is 0.270 e. The SMILES string of the molecule is COc1ccccc1CNC(=O)c1ccnc(C(=O)NCc2ccccc2OC)c1. The van der Waals surface area contributed by atoms with E-state index in [2.05, 4.69) is 15.6 Å². The summed E-state index contributed by atoms with van der Waals surface area (Å²) in [4.78, 5) is 29.1. The van der Waals surface area contributed by atoms with Gasteiger partial charge < -0.3 is 20.1 Å². The third-order valence-corrected chi connectivity index (χ3v) is 4.52. The molecule has 1 heterocycles. The van der Waals surface area contributed by atoms with Crippen molar-refractivity contribution in [2.75, 3.05) is 14.2 Å². The van der Waals surface area contributed by atoms with E-state index in [-0.39, 0.29) is 24.1 Å². The average Bonchev–Trinajstić information content (AvgIpc) is 2.81. The summed E-state index contributed by atoms with van der Waals surface area (Å²) in [7, 11) is 3.16. The van der Waals surface area contributed by atoms with E-state index in [4.69, 9.17) is 9.47 Å². The van der Waals surface area contributed by atoms with Crippen molar-refractivity contribution in [2.24, 2.45) is 0 Å². The lowest BCUT2D eigenvalue weighted by molar-refractivity contribution is 0.0945. The quantitative estimate of drug-likeness (QED) is 0.601. The van der Waals surface area contributed by atoms with Crippen LogP contribution in [-0.2, 0) is 13.1 Å². The number of para-hydroxylation sites is 2. The molecular weight excluding hydrogens is 382 g/mol. The molecule has 7 nitrogen and oxygen atoms in total. The first-order chi connectivity index (χ1) is 14.6. The predicted molar refractivity (Wildman–Crippen MR) is 113 cm³/mol. The Balaban J connectivity index is 1.63. The summed E-state index contributed by atoms with van der Waals surface area (Å²) in [6, 6.07) is 17.9. The summed E-state index contributed by atoms with van der Waals surface area (Å²) < 4.78 is 10.6. The molecule has 2 amide bonds. The van der Waals surface area contributed by atoms with Crippen molar-refractivity contribution in [3.05, 3.63) is 89.2 Å². The van der Waals surface area contributed by atoms with Crippen LogP contribution in [0.3, 0.4) is 0 Å². The predicted octanol–water partition coefficient (Wildman–Crippen LogP) is 2.96. The first-order valence-corrected chi connectivity index (χ1v) is 9.38. The zero-order valence-corrected chi connectivity index (χ0v) is 16.8. The van der Waals surface area contributed by atoms with Gasteiger partial charge in [0, 0.05) is 36.0 Å². The molecule has 0 bridgehead atoms. The van der Waals surface area contributed by atoms with Crippen LogP contribution < -0.4 is 20.1 Å².